The fourth-order valence-electron chi connectivity index (χ4n) is 3.61. The number of piperazine rings is 1. The summed E-state index contributed by atoms with van der Waals surface area (Å²) in [5.74, 6) is 0.775. The predicted octanol–water partition coefficient (Wildman–Crippen LogP) is 1.77. The summed E-state index contributed by atoms with van der Waals surface area (Å²) in [6.07, 6.45) is 3.61. The van der Waals surface area contributed by atoms with Crippen LogP contribution >= 0.6 is 0 Å². The summed E-state index contributed by atoms with van der Waals surface area (Å²) in [6.45, 7) is 2.49. The van der Waals surface area contributed by atoms with Crippen LogP contribution in [0.15, 0.2) is 24.3 Å². The van der Waals surface area contributed by atoms with Gasteiger partial charge in [0.1, 0.15) is 5.75 Å². The molecule has 25 heavy (non-hydrogen) atoms. The molecule has 7 heteroatoms. The zero-order valence-electron chi connectivity index (χ0n) is 14.7. The van der Waals surface area contributed by atoms with Crippen LogP contribution in [0.4, 0.5) is 0 Å². The van der Waals surface area contributed by atoms with Gasteiger partial charge in [-0.3, -0.25) is 9.69 Å². The maximum absolute atomic E-state index is 12.6. The molecule has 0 unspecified atom stereocenters. The minimum Gasteiger partial charge on any atom is -0.497 e. The minimum absolute atomic E-state index is 0.0507. The Kier molecular flexibility index (Phi) is 5.76. The van der Waals surface area contributed by atoms with Gasteiger partial charge >= 0.3 is 0 Å². The lowest BCUT2D eigenvalue weighted by Crippen LogP contribution is -2.51. The molecular weight excluding hydrogens is 340 g/mol. The van der Waals surface area contributed by atoms with E-state index in [2.05, 4.69) is 0 Å². The first-order valence-corrected chi connectivity index (χ1v) is 10.4. The lowest BCUT2D eigenvalue weighted by molar-refractivity contribution is 0.0901. The van der Waals surface area contributed by atoms with Crippen LogP contribution in [0.25, 0.3) is 0 Å². The number of carbonyl (C=O) groups excluding carboxylic acids is 1. The Labute approximate surface area is 149 Å². The highest BCUT2D eigenvalue weighted by Gasteiger charge is 2.35. The van der Waals surface area contributed by atoms with Crippen LogP contribution < -0.4 is 4.74 Å². The van der Waals surface area contributed by atoms with Crippen molar-refractivity contribution in [1.82, 2.24) is 9.21 Å². The molecule has 1 aliphatic heterocycles. The Morgan fingerprint density at radius 3 is 2.24 bits per heavy atom. The number of benzene rings is 1. The van der Waals surface area contributed by atoms with E-state index in [0.29, 0.717) is 38.3 Å². The van der Waals surface area contributed by atoms with Crippen LogP contribution in [0.5, 0.6) is 5.75 Å². The molecule has 0 radical (unpaired) electrons. The SMILES string of the molecule is COc1ccc(C(=O)CN2CCN(S(=O)(=O)C3CCCC3)CC2)cc1. The molecule has 2 fully saturated rings. The molecule has 1 aliphatic carbocycles. The van der Waals surface area contributed by atoms with Crippen LogP contribution in [0.1, 0.15) is 36.0 Å². The second-order valence-electron chi connectivity index (χ2n) is 6.78. The molecule has 0 amide bonds. The van der Waals surface area contributed by atoms with E-state index in [9.17, 15) is 13.2 Å². The number of hydrogen-bond donors (Lipinski definition) is 0. The van der Waals surface area contributed by atoms with E-state index in [1.54, 1.807) is 35.7 Å². The fourth-order valence-corrected chi connectivity index (χ4v) is 5.63. The molecule has 138 valence electrons. The highest BCUT2D eigenvalue weighted by atomic mass is 32.2. The molecule has 3 rings (SSSR count). The number of sulfonamides is 1. The Morgan fingerprint density at radius 1 is 1.08 bits per heavy atom. The monoisotopic (exact) mass is 366 g/mol. The topological polar surface area (TPSA) is 66.9 Å². The third-order valence-electron chi connectivity index (χ3n) is 5.19. The molecule has 0 bridgehead atoms. The Balaban J connectivity index is 1.52. The largest absolute Gasteiger partial charge is 0.497 e. The molecule has 0 N–H and O–H groups in total. The fraction of sp³-hybridized carbons (Fsp3) is 0.611. The van der Waals surface area contributed by atoms with E-state index < -0.39 is 10.0 Å². The number of Topliss-reactive ketones (excluding diaryl/α,β-unsaturated/α-hetero) is 1. The van der Waals surface area contributed by atoms with Gasteiger partial charge in [-0.2, -0.15) is 4.31 Å². The molecule has 1 aromatic carbocycles. The molecule has 6 nitrogen and oxygen atoms in total. The average molecular weight is 366 g/mol. The molecule has 0 atom stereocenters. The zero-order valence-corrected chi connectivity index (χ0v) is 15.5. The van der Waals surface area contributed by atoms with Crippen molar-refractivity contribution in [3.05, 3.63) is 29.8 Å². The van der Waals surface area contributed by atoms with Gasteiger partial charge in [0.05, 0.1) is 18.9 Å². The maximum Gasteiger partial charge on any atom is 0.217 e. The second-order valence-corrected chi connectivity index (χ2v) is 8.99. The first-order valence-electron chi connectivity index (χ1n) is 8.89. The quantitative estimate of drug-likeness (QED) is 0.718. The number of rotatable bonds is 6. The average Bonchev–Trinajstić information content (AvgIpc) is 3.18. The highest BCUT2D eigenvalue weighted by Crippen LogP contribution is 2.27. The van der Waals surface area contributed by atoms with E-state index in [0.717, 1.165) is 31.4 Å². The van der Waals surface area contributed by atoms with Gasteiger partial charge in [-0.25, -0.2) is 8.42 Å². The summed E-state index contributed by atoms with van der Waals surface area (Å²) in [5, 5.41) is -0.194. The number of ketones is 1. The molecule has 1 saturated carbocycles. The standard InChI is InChI=1S/C18H26N2O4S/c1-24-16-8-6-15(7-9-16)18(21)14-19-10-12-20(13-11-19)25(22,23)17-4-2-3-5-17/h6-9,17H,2-5,10-14H2,1H3. The molecule has 0 aromatic heterocycles. The van der Waals surface area contributed by atoms with Gasteiger partial charge in [0.25, 0.3) is 0 Å². The van der Waals surface area contributed by atoms with Crippen LogP contribution in [0, 0.1) is 0 Å². The highest BCUT2D eigenvalue weighted by molar-refractivity contribution is 7.89. The van der Waals surface area contributed by atoms with Gasteiger partial charge in [-0.15, -0.1) is 0 Å². The Hall–Kier alpha value is -1.44. The third-order valence-corrected chi connectivity index (χ3v) is 7.59. The molecule has 2 aliphatic rings. The second kappa shape index (κ2) is 7.85. The van der Waals surface area contributed by atoms with E-state index in [1.165, 1.54) is 0 Å². The maximum atomic E-state index is 12.6. The number of carbonyl (C=O) groups is 1. The van der Waals surface area contributed by atoms with Crippen molar-refractivity contribution in [1.29, 1.82) is 0 Å². The first-order chi connectivity index (χ1) is 12.0. The molecular formula is C18H26N2O4S. The van der Waals surface area contributed by atoms with Crippen LogP contribution in [-0.4, -0.2) is 68.5 Å². The summed E-state index contributed by atoms with van der Waals surface area (Å²) in [5.41, 5.74) is 0.654. The van der Waals surface area contributed by atoms with Crippen molar-refractivity contribution in [3.63, 3.8) is 0 Å². The van der Waals surface area contributed by atoms with Gasteiger partial charge in [-0.1, -0.05) is 12.8 Å². The number of nitrogens with zero attached hydrogens (tertiary/aromatic N) is 2. The number of ether oxygens (including phenoxy) is 1. The van der Waals surface area contributed by atoms with E-state index >= 15 is 0 Å². The normalized spacial score (nSPS) is 20.7. The lowest BCUT2D eigenvalue weighted by atomic mass is 10.1. The predicted molar refractivity (Wildman–Crippen MR) is 96.5 cm³/mol. The van der Waals surface area contributed by atoms with Crippen LogP contribution in [-0.2, 0) is 10.0 Å². The van der Waals surface area contributed by atoms with Crippen molar-refractivity contribution in [3.8, 4) is 5.75 Å². The van der Waals surface area contributed by atoms with Gasteiger partial charge < -0.3 is 4.74 Å². The summed E-state index contributed by atoms with van der Waals surface area (Å²) in [7, 11) is -1.57. The third kappa shape index (κ3) is 4.22. The minimum atomic E-state index is -3.17. The molecule has 1 aromatic rings. The lowest BCUT2D eigenvalue weighted by Gasteiger charge is -2.35. The van der Waals surface area contributed by atoms with Crippen LogP contribution in [0.2, 0.25) is 0 Å². The van der Waals surface area contributed by atoms with Crippen molar-refractivity contribution >= 4 is 15.8 Å². The van der Waals surface area contributed by atoms with Gasteiger partial charge in [-0.05, 0) is 37.1 Å². The summed E-state index contributed by atoms with van der Waals surface area (Å²) in [4.78, 5) is 14.4. The summed E-state index contributed by atoms with van der Waals surface area (Å²) in [6, 6.07) is 7.09. The van der Waals surface area contributed by atoms with Gasteiger partial charge in [0, 0.05) is 31.7 Å². The van der Waals surface area contributed by atoms with Crippen molar-refractivity contribution < 1.29 is 17.9 Å². The Bertz CT molecular complexity index is 688. The first kappa shape index (κ1) is 18.4. The number of methoxy groups -OCH3 is 1. The van der Waals surface area contributed by atoms with E-state index in [-0.39, 0.29) is 11.0 Å². The molecule has 1 saturated heterocycles. The van der Waals surface area contributed by atoms with Gasteiger partial charge in [0.2, 0.25) is 10.0 Å². The van der Waals surface area contributed by atoms with Crippen molar-refractivity contribution in [2.45, 2.75) is 30.9 Å². The van der Waals surface area contributed by atoms with Gasteiger partial charge in [0.15, 0.2) is 5.78 Å². The molecule has 1 heterocycles. The van der Waals surface area contributed by atoms with E-state index in [4.69, 9.17) is 4.74 Å². The smallest absolute Gasteiger partial charge is 0.217 e. The summed E-state index contributed by atoms with van der Waals surface area (Å²) >= 11 is 0. The van der Waals surface area contributed by atoms with Crippen LogP contribution in [0.3, 0.4) is 0 Å². The zero-order chi connectivity index (χ0) is 17.9. The van der Waals surface area contributed by atoms with Crippen molar-refractivity contribution in [2.24, 2.45) is 0 Å². The van der Waals surface area contributed by atoms with Crippen molar-refractivity contribution in [2.75, 3.05) is 39.8 Å². The molecule has 0 spiro atoms. The Morgan fingerprint density at radius 2 is 1.68 bits per heavy atom. The summed E-state index contributed by atoms with van der Waals surface area (Å²) < 4.78 is 32.0. The van der Waals surface area contributed by atoms with E-state index in [1.807, 2.05) is 4.90 Å². The number of hydrogen-bond acceptors (Lipinski definition) is 5.